The third kappa shape index (κ3) is 4.89. The second-order valence-corrected chi connectivity index (χ2v) is 11.0. The molecular formula is C24H29N3O5S. The Morgan fingerprint density at radius 1 is 1.12 bits per heavy atom. The molecule has 3 unspecified atom stereocenters. The van der Waals surface area contributed by atoms with Gasteiger partial charge in [-0.2, -0.15) is 4.31 Å². The first-order valence-electron chi connectivity index (χ1n) is 11.1. The van der Waals surface area contributed by atoms with Crippen LogP contribution >= 0.6 is 0 Å². The summed E-state index contributed by atoms with van der Waals surface area (Å²) >= 11 is 0. The van der Waals surface area contributed by atoms with Crippen LogP contribution in [0.25, 0.3) is 11.1 Å². The van der Waals surface area contributed by atoms with Crippen molar-refractivity contribution in [3.8, 4) is 0 Å². The van der Waals surface area contributed by atoms with E-state index in [0.717, 1.165) is 12.0 Å². The van der Waals surface area contributed by atoms with Crippen molar-refractivity contribution in [3.63, 3.8) is 0 Å². The summed E-state index contributed by atoms with van der Waals surface area (Å²) in [6.07, 6.45) is 0.994. The van der Waals surface area contributed by atoms with Gasteiger partial charge in [0.1, 0.15) is 6.54 Å². The summed E-state index contributed by atoms with van der Waals surface area (Å²) in [4.78, 5) is 25.1. The second-order valence-electron chi connectivity index (χ2n) is 9.05. The smallest absolute Gasteiger partial charge is 0.408 e. The highest BCUT2D eigenvalue weighted by atomic mass is 32.2. The van der Waals surface area contributed by atoms with Crippen LogP contribution < -0.4 is 11.1 Å². The molecule has 2 aromatic carbocycles. The molecule has 0 bridgehead atoms. The second kappa shape index (κ2) is 9.15. The summed E-state index contributed by atoms with van der Waals surface area (Å²) in [6.45, 7) is 6.67. The normalized spacial score (nSPS) is 20.6. The summed E-state index contributed by atoms with van der Waals surface area (Å²) in [7, 11) is -3.71. The van der Waals surface area contributed by atoms with E-state index in [0.29, 0.717) is 18.6 Å². The van der Waals surface area contributed by atoms with Gasteiger partial charge in [-0.15, -0.1) is 0 Å². The van der Waals surface area contributed by atoms with Gasteiger partial charge in [-0.3, -0.25) is 9.36 Å². The van der Waals surface area contributed by atoms with Crippen molar-refractivity contribution in [2.45, 2.75) is 44.7 Å². The Morgan fingerprint density at radius 3 is 2.45 bits per heavy atom. The van der Waals surface area contributed by atoms with Crippen LogP contribution in [0, 0.1) is 11.8 Å². The Labute approximate surface area is 193 Å². The van der Waals surface area contributed by atoms with Crippen molar-refractivity contribution in [1.82, 2.24) is 14.2 Å². The van der Waals surface area contributed by atoms with E-state index < -0.39 is 15.8 Å². The van der Waals surface area contributed by atoms with E-state index in [2.05, 4.69) is 5.32 Å². The topological polar surface area (TPSA) is 102 Å². The molecule has 2 heterocycles. The number of hydrogen-bond acceptors (Lipinski definition) is 5. The first-order valence-corrected chi connectivity index (χ1v) is 12.6. The Kier molecular flexibility index (Phi) is 6.45. The van der Waals surface area contributed by atoms with Crippen molar-refractivity contribution in [3.05, 3.63) is 64.6 Å². The summed E-state index contributed by atoms with van der Waals surface area (Å²) < 4.78 is 34.4. The van der Waals surface area contributed by atoms with Crippen molar-refractivity contribution in [1.29, 1.82) is 0 Å². The quantitative estimate of drug-likeness (QED) is 0.595. The largest absolute Gasteiger partial charge is 0.420 e. The molecule has 0 radical (unpaired) electrons. The molecule has 1 fully saturated rings. The molecule has 33 heavy (non-hydrogen) atoms. The molecule has 1 amide bonds. The molecule has 1 saturated heterocycles. The highest BCUT2D eigenvalue weighted by molar-refractivity contribution is 7.89. The van der Waals surface area contributed by atoms with Crippen LogP contribution in [0.5, 0.6) is 0 Å². The monoisotopic (exact) mass is 471 g/mol. The average Bonchev–Trinajstić information content (AvgIpc) is 3.07. The zero-order valence-electron chi connectivity index (χ0n) is 19.0. The van der Waals surface area contributed by atoms with E-state index in [1.165, 1.54) is 27.1 Å². The molecule has 3 atom stereocenters. The zero-order valence-corrected chi connectivity index (χ0v) is 19.8. The number of benzene rings is 2. The number of nitrogens with one attached hydrogen (secondary N) is 1. The molecule has 1 aromatic heterocycles. The SMILES string of the molecule is CC1CC(C)CN(S(=O)(=O)c2ccc3c(c2)oc(=O)n3CC(=O)NC(C)c2ccccc2)C1. The van der Waals surface area contributed by atoms with Crippen LogP contribution in [0.4, 0.5) is 0 Å². The van der Waals surface area contributed by atoms with Gasteiger partial charge in [0.2, 0.25) is 15.9 Å². The average molecular weight is 472 g/mol. The number of piperidine rings is 1. The van der Waals surface area contributed by atoms with Crippen molar-refractivity contribution in [2.75, 3.05) is 13.1 Å². The molecule has 0 spiro atoms. The standard InChI is InChI=1S/C24H29N3O5S/c1-16-11-17(2)14-26(13-16)33(30,31)20-9-10-21-22(12-20)32-24(29)27(21)15-23(28)25-18(3)19-7-5-4-6-8-19/h4-10,12,16-18H,11,13-15H2,1-3H3,(H,25,28). The van der Waals surface area contributed by atoms with E-state index >= 15 is 0 Å². The van der Waals surface area contributed by atoms with Gasteiger partial charge in [0.25, 0.3) is 0 Å². The van der Waals surface area contributed by atoms with Crippen LogP contribution in [0.2, 0.25) is 0 Å². The molecular weight excluding hydrogens is 442 g/mol. The fourth-order valence-electron chi connectivity index (χ4n) is 4.56. The third-order valence-corrected chi connectivity index (χ3v) is 7.92. The van der Waals surface area contributed by atoms with E-state index in [1.807, 2.05) is 51.1 Å². The lowest BCUT2D eigenvalue weighted by Crippen LogP contribution is -2.42. The van der Waals surface area contributed by atoms with E-state index in [9.17, 15) is 18.0 Å². The maximum atomic E-state index is 13.2. The Hall–Kier alpha value is -2.91. The zero-order chi connectivity index (χ0) is 23.8. The minimum atomic E-state index is -3.71. The number of amides is 1. The third-order valence-electron chi connectivity index (χ3n) is 6.09. The molecule has 1 aliphatic heterocycles. The minimum Gasteiger partial charge on any atom is -0.408 e. The van der Waals surface area contributed by atoms with Crippen LogP contribution in [0.1, 0.15) is 38.8 Å². The molecule has 1 aliphatic rings. The Morgan fingerprint density at radius 2 is 1.79 bits per heavy atom. The number of oxazole rings is 1. The molecule has 4 rings (SSSR count). The van der Waals surface area contributed by atoms with Crippen molar-refractivity contribution in [2.24, 2.45) is 11.8 Å². The number of carbonyl (C=O) groups is 1. The van der Waals surface area contributed by atoms with Gasteiger partial charge in [0, 0.05) is 19.2 Å². The number of rotatable bonds is 6. The number of aromatic nitrogens is 1. The molecule has 0 aliphatic carbocycles. The molecule has 8 nitrogen and oxygen atoms in total. The first kappa shape index (κ1) is 23.3. The van der Waals surface area contributed by atoms with E-state index in [-0.39, 0.29) is 40.8 Å². The van der Waals surface area contributed by atoms with Crippen LogP contribution in [0.3, 0.4) is 0 Å². The first-order chi connectivity index (χ1) is 15.6. The van der Waals surface area contributed by atoms with Crippen molar-refractivity contribution < 1.29 is 17.6 Å². The molecule has 0 saturated carbocycles. The molecule has 176 valence electrons. The van der Waals surface area contributed by atoms with Crippen LogP contribution in [-0.4, -0.2) is 36.3 Å². The van der Waals surface area contributed by atoms with Gasteiger partial charge in [0.05, 0.1) is 16.5 Å². The van der Waals surface area contributed by atoms with Gasteiger partial charge >= 0.3 is 5.76 Å². The van der Waals surface area contributed by atoms with E-state index in [1.54, 1.807) is 0 Å². The van der Waals surface area contributed by atoms with Gasteiger partial charge < -0.3 is 9.73 Å². The molecule has 3 aromatic rings. The van der Waals surface area contributed by atoms with Crippen LogP contribution in [0.15, 0.2) is 62.6 Å². The van der Waals surface area contributed by atoms with Gasteiger partial charge in [-0.25, -0.2) is 13.2 Å². The number of fused-ring (bicyclic) bond motifs is 1. The lowest BCUT2D eigenvalue weighted by molar-refractivity contribution is -0.122. The number of hydrogen-bond donors (Lipinski definition) is 1. The summed E-state index contributed by atoms with van der Waals surface area (Å²) in [5.41, 5.74) is 1.47. The fraction of sp³-hybridized carbons (Fsp3) is 0.417. The van der Waals surface area contributed by atoms with Crippen LogP contribution in [-0.2, 0) is 21.4 Å². The lowest BCUT2D eigenvalue weighted by atomic mass is 9.94. The Balaban J connectivity index is 1.55. The van der Waals surface area contributed by atoms with Gasteiger partial charge in [-0.05, 0) is 42.9 Å². The highest BCUT2D eigenvalue weighted by Crippen LogP contribution is 2.28. The fourth-order valence-corrected chi connectivity index (χ4v) is 6.26. The summed E-state index contributed by atoms with van der Waals surface area (Å²) in [6, 6.07) is 13.7. The number of sulfonamides is 1. The minimum absolute atomic E-state index is 0.0827. The number of nitrogens with zero attached hydrogens (tertiary/aromatic N) is 2. The maximum Gasteiger partial charge on any atom is 0.420 e. The highest BCUT2D eigenvalue weighted by Gasteiger charge is 2.32. The maximum absolute atomic E-state index is 13.2. The predicted octanol–water partition coefficient (Wildman–Crippen LogP) is 3.14. The van der Waals surface area contributed by atoms with Gasteiger partial charge in [0.15, 0.2) is 5.58 Å². The number of carbonyl (C=O) groups excluding carboxylic acids is 1. The predicted molar refractivity (Wildman–Crippen MR) is 125 cm³/mol. The Bertz CT molecular complexity index is 1300. The molecule has 9 heteroatoms. The van der Waals surface area contributed by atoms with E-state index in [4.69, 9.17) is 4.42 Å². The van der Waals surface area contributed by atoms with Gasteiger partial charge in [-0.1, -0.05) is 44.2 Å². The molecule has 1 N–H and O–H groups in total. The summed E-state index contributed by atoms with van der Waals surface area (Å²) in [5.74, 6) is -0.488. The summed E-state index contributed by atoms with van der Waals surface area (Å²) in [5, 5.41) is 2.87. The van der Waals surface area contributed by atoms with Crippen molar-refractivity contribution >= 4 is 27.0 Å². The lowest BCUT2D eigenvalue weighted by Gasteiger charge is -2.34.